The lowest BCUT2D eigenvalue weighted by atomic mass is 10.1. The number of ether oxygens (including phenoxy) is 1. The van der Waals surface area contributed by atoms with Crippen LogP contribution < -0.4 is 10.1 Å². The summed E-state index contributed by atoms with van der Waals surface area (Å²) < 4.78 is 5.98. The molecule has 0 unspecified atom stereocenters. The van der Waals surface area contributed by atoms with Crippen molar-refractivity contribution >= 4 is 45.0 Å². The number of hydrogen-bond acceptors (Lipinski definition) is 2. The average Bonchev–Trinajstić information content (AvgIpc) is 2.48. The summed E-state index contributed by atoms with van der Waals surface area (Å²) in [7, 11) is 1.56. The standard InChI is InChI=1S/C15H12BrCl2NO2/c1-21-14-4-2-3-12(17)10(14)8-19-15(20)9-5-6-11(16)13(18)7-9/h2-7H,8H2,1H3,(H,19,20). The van der Waals surface area contributed by atoms with E-state index in [0.29, 0.717) is 21.4 Å². The van der Waals surface area contributed by atoms with E-state index in [4.69, 9.17) is 27.9 Å². The van der Waals surface area contributed by atoms with Crippen molar-refractivity contribution in [2.75, 3.05) is 7.11 Å². The fraction of sp³-hybridized carbons (Fsp3) is 0.133. The van der Waals surface area contributed by atoms with Crippen molar-refractivity contribution in [3.8, 4) is 5.75 Å². The maximum Gasteiger partial charge on any atom is 0.251 e. The van der Waals surface area contributed by atoms with Gasteiger partial charge in [0.05, 0.1) is 12.1 Å². The van der Waals surface area contributed by atoms with E-state index >= 15 is 0 Å². The lowest BCUT2D eigenvalue weighted by Crippen LogP contribution is -2.23. The zero-order valence-electron chi connectivity index (χ0n) is 11.1. The second kappa shape index (κ2) is 7.16. The molecule has 0 bridgehead atoms. The lowest BCUT2D eigenvalue weighted by Gasteiger charge is -2.11. The Hall–Kier alpha value is -1.23. The Balaban J connectivity index is 2.13. The van der Waals surface area contributed by atoms with Crippen molar-refractivity contribution in [2.45, 2.75) is 6.54 Å². The second-order valence-electron chi connectivity index (χ2n) is 4.23. The Morgan fingerprint density at radius 1 is 1.24 bits per heavy atom. The molecule has 0 saturated heterocycles. The predicted octanol–water partition coefficient (Wildman–Crippen LogP) is 4.69. The van der Waals surface area contributed by atoms with Gasteiger partial charge in [-0.1, -0.05) is 29.3 Å². The molecule has 0 fully saturated rings. The molecule has 1 N–H and O–H groups in total. The molecule has 0 atom stereocenters. The number of carbonyl (C=O) groups excluding carboxylic acids is 1. The van der Waals surface area contributed by atoms with Crippen LogP contribution in [0.3, 0.4) is 0 Å². The molecule has 0 radical (unpaired) electrons. The van der Waals surface area contributed by atoms with E-state index in [0.717, 1.165) is 10.0 Å². The minimum absolute atomic E-state index is 0.230. The van der Waals surface area contributed by atoms with Gasteiger partial charge >= 0.3 is 0 Å². The van der Waals surface area contributed by atoms with Crippen LogP contribution in [-0.4, -0.2) is 13.0 Å². The first-order valence-electron chi connectivity index (χ1n) is 6.07. The number of benzene rings is 2. The van der Waals surface area contributed by atoms with Gasteiger partial charge in [0.2, 0.25) is 0 Å². The van der Waals surface area contributed by atoms with E-state index in [9.17, 15) is 4.79 Å². The third-order valence-electron chi connectivity index (χ3n) is 2.90. The molecule has 0 spiro atoms. The zero-order chi connectivity index (χ0) is 15.4. The van der Waals surface area contributed by atoms with Crippen LogP contribution in [0.5, 0.6) is 5.75 Å². The minimum Gasteiger partial charge on any atom is -0.496 e. The number of methoxy groups -OCH3 is 1. The van der Waals surface area contributed by atoms with Gasteiger partial charge in [-0.15, -0.1) is 0 Å². The van der Waals surface area contributed by atoms with E-state index in [1.54, 1.807) is 43.5 Å². The Morgan fingerprint density at radius 2 is 2.00 bits per heavy atom. The normalized spacial score (nSPS) is 10.3. The summed E-state index contributed by atoms with van der Waals surface area (Å²) in [5.41, 5.74) is 1.22. The second-order valence-corrected chi connectivity index (χ2v) is 5.90. The van der Waals surface area contributed by atoms with Crippen molar-refractivity contribution < 1.29 is 9.53 Å². The third kappa shape index (κ3) is 3.90. The Kier molecular flexibility index (Phi) is 5.51. The van der Waals surface area contributed by atoms with Crippen LogP contribution in [-0.2, 0) is 6.54 Å². The van der Waals surface area contributed by atoms with Crippen LogP contribution in [0.15, 0.2) is 40.9 Å². The predicted molar refractivity (Wildman–Crippen MR) is 88.3 cm³/mol. The highest BCUT2D eigenvalue weighted by molar-refractivity contribution is 9.10. The molecular weight excluding hydrogens is 377 g/mol. The molecule has 3 nitrogen and oxygen atoms in total. The van der Waals surface area contributed by atoms with Crippen LogP contribution in [0.25, 0.3) is 0 Å². The van der Waals surface area contributed by atoms with Gasteiger partial charge < -0.3 is 10.1 Å². The summed E-state index contributed by atoms with van der Waals surface area (Å²) in [6, 6.07) is 10.4. The first-order chi connectivity index (χ1) is 10.0. The van der Waals surface area contributed by atoms with Crippen molar-refractivity contribution in [1.82, 2.24) is 5.32 Å². The molecule has 0 aliphatic rings. The summed E-state index contributed by atoms with van der Waals surface area (Å²) in [5, 5.41) is 3.83. The number of rotatable bonds is 4. The molecule has 0 aliphatic carbocycles. The van der Waals surface area contributed by atoms with E-state index < -0.39 is 0 Å². The summed E-state index contributed by atoms with van der Waals surface area (Å²) in [4.78, 5) is 12.1. The summed E-state index contributed by atoms with van der Waals surface area (Å²) >= 11 is 15.4. The topological polar surface area (TPSA) is 38.3 Å². The first-order valence-corrected chi connectivity index (χ1v) is 7.62. The number of carbonyl (C=O) groups is 1. The highest BCUT2D eigenvalue weighted by atomic mass is 79.9. The summed E-state index contributed by atoms with van der Waals surface area (Å²) in [6.45, 7) is 0.273. The van der Waals surface area contributed by atoms with Crippen molar-refractivity contribution in [3.05, 3.63) is 62.0 Å². The fourth-order valence-electron chi connectivity index (χ4n) is 1.81. The molecule has 0 aromatic heterocycles. The van der Waals surface area contributed by atoms with Crippen LogP contribution in [0, 0.1) is 0 Å². The Bertz CT molecular complexity index is 677. The minimum atomic E-state index is -0.230. The van der Waals surface area contributed by atoms with Gasteiger partial charge in [-0.05, 0) is 46.3 Å². The van der Waals surface area contributed by atoms with Gasteiger partial charge in [-0.2, -0.15) is 0 Å². The van der Waals surface area contributed by atoms with Gasteiger partial charge in [-0.25, -0.2) is 0 Å². The van der Waals surface area contributed by atoms with Gasteiger partial charge in [0.1, 0.15) is 5.75 Å². The molecule has 110 valence electrons. The van der Waals surface area contributed by atoms with E-state index in [1.165, 1.54) is 0 Å². The zero-order valence-corrected chi connectivity index (χ0v) is 14.2. The van der Waals surface area contributed by atoms with Gasteiger partial charge in [0, 0.05) is 27.2 Å². The van der Waals surface area contributed by atoms with Gasteiger partial charge in [0.15, 0.2) is 0 Å². The number of nitrogens with one attached hydrogen (secondary N) is 1. The summed E-state index contributed by atoms with van der Waals surface area (Å²) in [5.74, 6) is 0.406. The SMILES string of the molecule is COc1cccc(Cl)c1CNC(=O)c1ccc(Br)c(Cl)c1. The molecular formula is C15H12BrCl2NO2. The van der Waals surface area contributed by atoms with Crippen LogP contribution in [0.4, 0.5) is 0 Å². The van der Waals surface area contributed by atoms with E-state index in [1.807, 2.05) is 0 Å². The molecule has 21 heavy (non-hydrogen) atoms. The average molecular weight is 389 g/mol. The highest BCUT2D eigenvalue weighted by Crippen LogP contribution is 2.26. The molecule has 2 aromatic rings. The van der Waals surface area contributed by atoms with Crippen molar-refractivity contribution in [3.63, 3.8) is 0 Å². The largest absolute Gasteiger partial charge is 0.496 e. The fourth-order valence-corrected chi connectivity index (χ4v) is 2.47. The van der Waals surface area contributed by atoms with E-state index in [2.05, 4.69) is 21.2 Å². The van der Waals surface area contributed by atoms with Gasteiger partial charge in [0.25, 0.3) is 5.91 Å². The smallest absolute Gasteiger partial charge is 0.251 e. The van der Waals surface area contributed by atoms with Crippen molar-refractivity contribution in [1.29, 1.82) is 0 Å². The number of amides is 1. The molecule has 0 aliphatic heterocycles. The summed E-state index contributed by atoms with van der Waals surface area (Å²) in [6.07, 6.45) is 0. The monoisotopic (exact) mass is 387 g/mol. The molecule has 2 aromatic carbocycles. The molecule has 0 saturated carbocycles. The van der Waals surface area contributed by atoms with Crippen molar-refractivity contribution in [2.24, 2.45) is 0 Å². The first kappa shape index (κ1) is 16.1. The molecule has 2 rings (SSSR count). The lowest BCUT2D eigenvalue weighted by molar-refractivity contribution is 0.0950. The van der Waals surface area contributed by atoms with Crippen LogP contribution in [0.2, 0.25) is 10.0 Å². The Labute approximate surface area is 141 Å². The molecule has 0 heterocycles. The van der Waals surface area contributed by atoms with E-state index in [-0.39, 0.29) is 12.5 Å². The van der Waals surface area contributed by atoms with Gasteiger partial charge in [-0.3, -0.25) is 4.79 Å². The highest BCUT2D eigenvalue weighted by Gasteiger charge is 2.11. The number of halogens is 3. The number of hydrogen-bond donors (Lipinski definition) is 1. The van der Waals surface area contributed by atoms with Crippen LogP contribution in [0.1, 0.15) is 15.9 Å². The van der Waals surface area contributed by atoms with Crippen LogP contribution >= 0.6 is 39.1 Å². The third-order valence-corrected chi connectivity index (χ3v) is 4.49. The quantitative estimate of drug-likeness (QED) is 0.824. The molecule has 6 heteroatoms. The maximum atomic E-state index is 12.1. The Morgan fingerprint density at radius 3 is 2.67 bits per heavy atom. The molecule has 1 amide bonds. The maximum absolute atomic E-state index is 12.1.